The molecule has 0 aromatic heterocycles. The molecule has 0 spiro atoms. The lowest BCUT2D eigenvalue weighted by Gasteiger charge is -2.27. The molecule has 1 amide bonds. The summed E-state index contributed by atoms with van der Waals surface area (Å²) in [6, 6.07) is 4.86. The van der Waals surface area contributed by atoms with Crippen LogP contribution >= 0.6 is 0 Å². The maximum absolute atomic E-state index is 12.5. The normalized spacial score (nSPS) is 16.0. The number of hydrogen-bond acceptors (Lipinski definition) is 3. The minimum atomic E-state index is -5.06. The molecule has 1 aliphatic rings. The summed E-state index contributed by atoms with van der Waals surface area (Å²) in [5.41, 5.74) is 0.189. The van der Waals surface area contributed by atoms with Crippen LogP contribution in [0.4, 0.5) is 13.2 Å². The lowest BCUT2D eigenvalue weighted by molar-refractivity contribution is -0.174. The first-order valence-corrected chi connectivity index (χ1v) is 6.90. The maximum Gasteiger partial charge on any atom is 0.471 e. The molecule has 0 radical (unpaired) electrons. The van der Waals surface area contributed by atoms with Gasteiger partial charge in [-0.15, -0.1) is 0 Å². The second-order valence-electron chi connectivity index (χ2n) is 5.53. The average Bonchev–Trinajstić information content (AvgIpc) is 2.47. The van der Waals surface area contributed by atoms with Gasteiger partial charge in [-0.05, 0) is 12.0 Å². The van der Waals surface area contributed by atoms with E-state index in [2.05, 4.69) is 0 Å². The molecule has 2 rings (SSSR count). The van der Waals surface area contributed by atoms with E-state index in [-0.39, 0.29) is 16.7 Å². The predicted molar refractivity (Wildman–Crippen MR) is 76.0 cm³/mol. The smallest absolute Gasteiger partial charge is 0.341 e. The molecule has 1 aliphatic carbocycles. The Kier molecular flexibility index (Phi) is 4.40. The molecule has 0 aliphatic heterocycles. The van der Waals surface area contributed by atoms with Crippen LogP contribution in [0.2, 0.25) is 0 Å². The van der Waals surface area contributed by atoms with Gasteiger partial charge in [0, 0.05) is 16.7 Å². The van der Waals surface area contributed by atoms with Crippen molar-refractivity contribution < 1.29 is 27.6 Å². The molecule has 0 fully saturated rings. The number of alkyl halides is 3. The summed E-state index contributed by atoms with van der Waals surface area (Å²) >= 11 is 0. The van der Waals surface area contributed by atoms with Gasteiger partial charge in [0.05, 0.1) is 6.04 Å². The molecule has 1 aromatic carbocycles. The molecular formula is C16H14F3NO3. The van der Waals surface area contributed by atoms with Crippen molar-refractivity contribution in [1.29, 1.82) is 0 Å². The molecule has 0 saturated carbocycles. The molecular weight excluding hydrogens is 311 g/mol. The van der Waals surface area contributed by atoms with E-state index in [1.54, 1.807) is 31.3 Å². The summed E-state index contributed by atoms with van der Waals surface area (Å²) in [7, 11) is 0. The summed E-state index contributed by atoms with van der Waals surface area (Å²) in [5.74, 6) is -3.67. The molecule has 0 bridgehead atoms. The first kappa shape index (κ1) is 16.9. The Hall–Kier alpha value is -2.44. The maximum atomic E-state index is 12.5. The van der Waals surface area contributed by atoms with E-state index in [1.165, 1.54) is 12.1 Å². The van der Waals surface area contributed by atoms with E-state index in [0.29, 0.717) is 0 Å². The lowest BCUT2D eigenvalue weighted by Crippen LogP contribution is -2.48. The van der Waals surface area contributed by atoms with Crippen LogP contribution in [0.25, 0.3) is 0 Å². The molecule has 1 N–H and O–H groups in total. The van der Waals surface area contributed by atoms with Gasteiger partial charge in [0.25, 0.3) is 0 Å². The number of benzene rings is 1. The van der Waals surface area contributed by atoms with Gasteiger partial charge < -0.3 is 5.32 Å². The Morgan fingerprint density at radius 3 is 2.17 bits per heavy atom. The van der Waals surface area contributed by atoms with Crippen LogP contribution in [0.5, 0.6) is 0 Å². The van der Waals surface area contributed by atoms with Crippen molar-refractivity contribution in [3.05, 3.63) is 47.0 Å². The van der Waals surface area contributed by atoms with Gasteiger partial charge in [-0.25, -0.2) is 0 Å². The van der Waals surface area contributed by atoms with E-state index >= 15 is 0 Å². The quantitative estimate of drug-likeness (QED) is 0.929. The van der Waals surface area contributed by atoms with Gasteiger partial charge in [0.1, 0.15) is 0 Å². The summed E-state index contributed by atoms with van der Waals surface area (Å²) in [6.07, 6.45) is -4.06. The van der Waals surface area contributed by atoms with Crippen molar-refractivity contribution in [3.63, 3.8) is 0 Å². The topological polar surface area (TPSA) is 63.2 Å². The highest BCUT2D eigenvalue weighted by molar-refractivity contribution is 6.25. The van der Waals surface area contributed by atoms with Crippen molar-refractivity contribution in [2.45, 2.75) is 26.1 Å². The number of carbonyl (C=O) groups excluding carboxylic acids is 3. The zero-order chi connectivity index (χ0) is 17.4. The van der Waals surface area contributed by atoms with Crippen molar-refractivity contribution in [3.8, 4) is 0 Å². The van der Waals surface area contributed by atoms with Crippen molar-refractivity contribution in [1.82, 2.24) is 5.32 Å². The first-order valence-electron chi connectivity index (χ1n) is 6.90. The number of rotatable bonds is 3. The van der Waals surface area contributed by atoms with Crippen molar-refractivity contribution >= 4 is 17.5 Å². The summed E-state index contributed by atoms with van der Waals surface area (Å²) in [5, 5.41) is 1.80. The predicted octanol–water partition coefficient (Wildman–Crippen LogP) is 2.70. The zero-order valence-corrected chi connectivity index (χ0v) is 12.4. The van der Waals surface area contributed by atoms with Crippen molar-refractivity contribution in [2.24, 2.45) is 5.92 Å². The Balaban J connectivity index is 2.40. The number of fused-ring (bicyclic) bond motifs is 1. The Morgan fingerprint density at radius 1 is 1.09 bits per heavy atom. The van der Waals surface area contributed by atoms with Crippen LogP contribution < -0.4 is 5.32 Å². The van der Waals surface area contributed by atoms with Crippen LogP contribution in [0.1, 0.15) is 34.6 Å². The van der Waals surface area contributed by atoms with Crippen LogP contribution in [0.15, 0.2) is 35.9 Å². The van der Waals surface area contributed by atoms with Crippen LogP contribution in [-0.4, -0.2) is 29.7 Å². The Bertz CT molecular complexity index is 705. The third-order valence-electron chi connectivity index (χ3n) is 3.53. The minimum Gasteiger partial charge on any atom is -0.341 e. The highest BCUT2D eigenvalue weighted by atomic mass is 19.4. The SMILES string of the molecule is CC(C)C(NC(=O)C(F)(F)F)C1=CC(=O)c2ccccc2C1=O. The number of hydrogen-bond donors (Lipinski definition) is 1. The average molecular weight is 325 g/mol. The van der Waals surface area contributed by atoms with Crippen LogP contribution in [-0.2, 0) is 4.79 Å². The fourth-order valence-corrected chi connectivity index (χ4v) is 2.39. The summed E-state index contributed by atoms with van der Waals surface area (Å²) in [4.78, 5) is 35.8. The largest absolute Gasteiger partial charge is 0.471 e. The third-order valence-corrected chi connectivity index (χ3v) is 3.53. The highest BCUT2D eigenvalue weighted by Gasteiger charge is 2.42. The zero-order valence-electron chi connectivity index (χ0n) is 12.4. The number of Topliss-reactive ketones (excluding diaryl/α,β-unsaturated/α-hetero) is 1. The van der Waals surface area contributed by atoms with E-state index < -0.39 is 35.6 Å². The van der Waals surface area contributed by atoms with Crippen LogP contribution in [0.3, 0.4) is 0 Å². The minimum absolute atomic E-state index is 0.127. The van der Waals surface area contributed by atoms with Gasteiger partial charge in [0.2, 0.25) is 0 Å². The second kappa shape index (κ2) is 5.98. The van der Waals surface area contributed by atoms with Gasteiger partial charge in [-0.3, -0.25) is 14.4 Å². The molecule has 23 heavy (non-hydrogen) atoms. The lowest BCUT2D eigenvalue weighted by atomic mass is 9.83. The highest BCUT2D eigenvalue weighted by Crippen LogP contribution is 2.26. The van der Waals surface area contributed by atoms with Gasteiger partial charge >= 0.3 is 12.1 Å². The van der Waals surface area contributed by atoms with Gasteiger partial charge in [0.15, 0.2) is 11.6 Å². The summed E-state index contributed by atoms with van der Waals surface area (Å²) in [6.45, 7) is 3.11. The number of nitrogens with one attached hydrogen (secondary N) is 1. The molecule has 0 saturated heterocycles. The van der Waals surface area contributed by atoms with E-state index in [4.69, 9.17) is 0 Å². The number of amides is 1. The molecule has 0 heterocycles. The Labute approximate surface area is 130 Å². The fourth-order valence-electron chi connectivity index (χ4n) is 2.39. The first-order chi connectivity index (χ1) is 10.6. The second-order valence-corrected chi connectivity index (χ2v) is 5.53. The molecule has 122 valence electrons. The molecule has 1 unspecified atom stereocenters. The van der Waals surface area contributed by atoms with Crippen LogP contribution in [0, 0.1) is 5.92 Å². The van der Waals surface area contributed by atoms with E-state index in [0.717, 1.165) is 6.08 Å². The summed E-state index contributed by atoms with van der Waals surface area (Å²) < 4.78 is 37.4. The van der Waals surface area contributed by atoms with E-state index in [1.807, 2.05) is 0 Å². The molecule has 7 heteroatoms. The number of carbonyl (C=O) groups is 3. The Morgan fingerprint density at radius 2 is 1.65 bits per heavy atom. The molecule has 1 aromatic rings. The van der Waals surface area contributed by atoms with Crippen molar-refractivity contribution in [2.75, 3.05) is 0 Å². The monoisotopic (exact) mass is 325 g/mol. The fraction of sp³-hybridized carbons (Fsp3) is 0.312. The molecule has 1 atom stereocenters. The van der Waals surface area contributed by atoms with E-state index in [9.17, 15) is 27.6 Å². The number of allylic oxidation sites excluding steroid dienone is 1. The standard InChI is InChI=1S/C16H14F3NO3/c1-8(2)13(20-15(23)16(17,18)19)11-7-12(21)9-5-3-4-6-10(9)14(11)22/h3-8,13H,1-2H3,(H,20,23). The van der Waals surface area contributed by atoms with Gasteiger partial charge in [-0.2, -0.15) is 13.2 Å². The number of ketones is 2. The van der Waals surface area contributed by atoms with Gasteiger partial charge in [-0.1, -0.05) is 38.1 Å². The third kappa shape index (κ3) is 3.33. The molecule has 4 nitrogen and oxygen atoms in total. The number of halogens is 3.